The number of benzene rings is 8. The van der Waals surface area contributed by atoms with Gasteiger partial charge in [0.15, 0.2) is 0 Å². The Bertz CT molecular complexity index is 2790. The van der Waals surface area contributed by atoms with Crippen molar-refractivity contribution in [3.8, 4) is 33.4 Å². The predicted octanol–water partition coefficient (Wildman–Crippen LogP) is 11.6. The second-order valence-electron chi connectivity index (χ2n) is 14.3. The summed E-state index contributed by atoms with van der Waals surface area (Å²) in [5, 5.41) is 10.5. The van der Waals surface area contributed by atoms with Gasteiger partial charge in [-0.25, -0.2) is 0 Å². The molecule has 0 fully saturated rings. The summed E-state index contributed by atoms with van der Waals surface area (Å²) >= 11 is 0. The Balaban J connectivity index is 1.33. The lowest BCUT2D eigenvalue weighted by Gasteiger charge is -2.24. The van der Waals surface area contributed by atoms with Crippen molar-refractivity contribution >= 4 is 44.0 Å². The van der Waals surface area contributed by atoms with E-state index in [9.17, 15) is 0 Å². The zero-order chi connectivity index (χ0) is 32.7. The highest BCUT2D eigenvalue weighted by molar-refractivity contribution is 6.20. The first-order valence-electron chi connectivity index (χ1n) is 17.6. The van der Waals surface area contributed by atoms with Crippen LogP contribution in [0, 0.1) is 0 Å². The van der Waals surface area contributed by atoms with Gasteiger partial charge in [0.25, 0.3) is 0 Å². The van der Waals surface area contributed by atoms with Crippen molar-refractivity contribution in [3.05, 3.63) is 179 Å². The topological polar surface area (TPSA) is 0 Å². The lowest BCUT2D eigenvalue weighted by molar-refractivity contribution is 0.660. The average Bonchev–Trinajstić information content (AvgIpc) is 3.38. The molecule has 0 heterocycles. The molecule has 0 N–H and O–H groups in total. The van der Waals surface area contributed by atoms with Crippen molar-refractivity contribution in [2.75, 3.05) is 0 Å². The third kappa shape index (κ3) is 4.17. The van der Waals surface area contributed by atoms with Crippen molar-refractivity contribution in [1.82, 2.24) is 0 Å². The molecule has 0 saturated carbocycles. The van der Waals surface area contributed by atoms with E-state index in [2.05, 4.69) is 172 Å². The van der Waals surface area contributed by atoms with Crippen LogP contribution >= 0.6 is 0 Å². The fraction of sp³-hybridized carbons (Fsp3) is 0.102. The Kier molecular flexibility index (Phi) is 6.15. The number of hydrogen-bond acceptors (Lipinski definition) is 0. The minimum Gasteiger partial charge on any atom is -0.0763 e. The number of rotatable bonds is 3. The van der Waals surface area contributed by atoms with E-state index in [1.807, 2.05) is 0 Å². The molecule has 2 aliphatic rings. The third-order valence-electron chi connectivity index (χ3n) is 11.3. The van der Waals surface area contributed by atoms with Crippen LogP contribution in [0.25, 0.3) is 77.3 Å². The molecule has 232 valence electrons. The van der Waals surface area contributed by atoms with Gasteiger partial charge in [-0.3, -0.25) is 0 Å². The Morgan fingerprint density at radius 1 is 0.449 bits per heavy atom. The van der Waals surface area contributed by atoms with E-state index in [0.29, 0.717) is 0 Å². The normalized spacial score (nSPS) is 14.4. The molecule has 0 heteroatoms. The summed E-state index contributed by atoms with van der Waals surface area (Å²) in [6, 6.07) is 57.0. The van der Waals surface area contributed by atoms with Gasteiger partial charge in [-0.1, -0.05) is 159 Å². The van der Waals surface area contributed by atoms with E-state index < -0.39 is 0 Å². The van der Waals surface area contributed by atoms with Crippen LogP contribution in [0.4, 0.5) is 0 Å². The van der Waals surface area contributed by atoms with E-state index in [0.717, 1.165) is 12.8 Å². The van der Waals surface area contributed by atoms with E-state index in [-0.39, 0.29) is 5.41 Å². The van der Waals surface area contributed by atoms with Gasteiger partial charge in [-0.2, -0.15) is 0 Å². The lowest BCUT2D eigenvalue weighted by Crippen LogP contribution is -2.29. The maximum absolute atomic E-state index is 2.49. The van der Waals surface area contributed by atoms with Crippen LogP contribution in [0.15, 0.2) is 152 Å². The average molecular weight is 625 g/mol. The predicted molar refractivity (Wildman–Crippen MR) is 209 cm³/mol. The van der Waals surface area contributed by atoms with Crippen molar-refractivity contribution in [2.24, 2.45) is 0 Å². The second kappa shape index (κ2) is 10.6. The van der Waals surface area contributed by atoms with Gasteiger partial charge in [-0.15, -0.1) is 0 Å². The molecule has 0 bridgehead atoms. The van der Waals surface area contributed by atoms with Crippen molar-refractivity contribution < 1.29 is 0 Å². The molecule has 0 spiro atoms. The molecule has 49 heavy (non-hydrogen) atoms. The van der Waals surface area contributed by atoms with E-state index in [1.165, 1.54) is 98.4 Å². The summed E-state index contributed by atoms with van der Waals surface area (Å²) < 4.78 is 0. The smallest absolute Gasteiger partial charge is 0.0159 e. The van der Waals surface area contributed by atoms with Crippen LogP contribution in [0.2, 0.25) is 0 Å². The summed E-state index contributed by atoms with van der Waals surface area (Å²) in [5.74, 6) is 0. The first-order valence-corrected chi connectivity index (χ1v) is 17.6. The molecule has 0 nitrogen and oxygen atoms in total. The van der Waals surface area contributed by atoms with Gasteiger partial charge in [0.1, 0.15) is 0 Å². The first kappa shape index (κ1) is 28.3. The molecule has 0 aliphatic heterocycles. The van der Waals surface area contributed by atoms with Crippen LogP contribution in [0.5, 0.6) is 0 Å². The van der Waals surface area contributed by atoms with Gasteiger partial charge >= 0.3 is 0 Å². The molecule has 2 aliphatic carbocycles. The van der Waals surface area contributed by atoms with Gasteiger partial charge in [0.05, 0.1) is 0 Å². The SMILES string of the molecule is CC1(C)c2ccccc2-c2ccc(-c3c4ccccc4c(C4=c5ccccc5=CCC4)c4cc(-c5cccc6ccccc56)ccc34)cc21. The molecule has 0 unspecified atom stereocenters. The summed E-state index contributed by atoms with van der Waals surface area (Å²) in [6.07, 6.45) is 4.48. The standard InChI is InChI=1S/C49H36/c1-49(2)45-24-10-9-19-38(45)39-27-26-34(30-46(39)49)47-41-20-7-8-21-42(41)48(40-23-12-16-32-14-4-6-18-36(32)40)44-29-33(25-28-43(44)47)37-22-11-15-31-13-3-5-17-35(31)37/h3-11,13-22,24-30H,12,23H2,1-2H3. The van der Waals surface area contributed by atoms with E-state index in [1.54, 1.807) is 0 Å². The highest BCUT2D eigenvalue weighted by Crippen LogP contribution is 2.51. The fourth-order valence-corrected chi connectivity index (χ4v) is 9.04. The number of fused-ring (bicyclic) bond motifs is 7. The monoisotopic (exact) mass is 624 g/mol. The first-order chi connectivity index (χ1) is 24.1. The van der Waals surface area contributed by atoms with Gasteiger partial charge in [0.2, 0.25) is 0 Å². The second-order valence-corrected chi connectivity index (χ2v) is 14.3. The van der Waals surface area contributed by atoms with Crippen molar-refractivity contribution in [3.63, 3.8) is 0 Å². The molecule has 0 radical (unpaired) electrons. The summed E-state index contributed by atoms with van der Waals surface area (Å²) in [4.78, 5) is 0. The molecule has 0 aromatic heterocycles. The largest absolute Gasteiger partial charge is 0.0763 e. The maximum Gasteiger partial charge on any atom is 0.0159 e. The third-order valence-corrected chi connectivity index (χ3v) is 11.3. The Morgan fingerprint density at radius 3 is 2.00 bits per heavy atom. The summed E-state index contributed by atoms with van der Waals surface area (Å²) in [6.45, 7) is 4.76. The van der Waals surface area contributed by atoms with Crippen molar-refractivity contribution in [1.29, 1.82) is 0 Å². The summed E-state index contributed by atoms with van der Waals surface area (Å²) in [7, 11) is 0. The quantitative estimate of drug-likeness (QED) is 0.172. The minimum absolute atomic E-state index is 0.0623. The maximum atomic E-state index is 2.49. The Hall–Kier alpha value is -5.72. The molecular formula is C49H36. The fourth-order valence-electron chi connectivity index (χ4n) is 9.04. The van der Waals surface area contributed by atoms with Crippen LogP contribution in [-0.4, -0.2) is 0 Å². The van der Waals surface area contributed by atoms with Crippen LogP contribution in [0.3, 0.4) is 0 Å². The van der Waals surface area contributed by atoms with Gasteiger partial charge in [0, 0.05) is 5.41 Å². The highest BCUT2D eigenvalue weighted by Gasteiger charge is 2.35. The Morgan fingerprint density at radius 2 is 1.10 bits per heavy atom. The van der Waals surface area contributed by atoms with E-state index >= 15 is 0 Å². The van der Waals surface area contributed by atoms with Crippen LogP contribution in [-0.2, 0) is 5.41 Å². The van der Waals surface area contributed by atoms with Gasteiger partial charge in [-0.05, 0) is 123 Å². The molecule has 8 aromatic carbocycles. The highest BCUT2D eigenvalue weighted by atomic mass is 14.4. The zero-order valence-corrected chi connectivity index (χ0v) is 27.9. The zero-order valence-electron chi connectivity index (χ0n) is 27.9. The molecule has 0 amide bonds. The van der Waals surface area contributed by atoms with Gasteiger partial charge < -0.3 is 0 Å². The number of hydrogen-bond donors (Lipinski definition) is 0. The minimum atomic E-state index is -0.0623. The van der Waals surface area contributed by atoms with Crippen LogP contribution in [0.1, 0.15) is 43.4 Å². The molecular weight excluding hydrogens is 589 g/mol. The van der Waals surface area contributed by atoms with E-state index in [4.69, 9.17) is 0 Å². The Labute approximate surface area is 287 Å². The lowest BCUT2D eigenvalue weighted by atomic mass is 9.79. The molecule has 0 saturated heterocycles. The molecule has 0 atom stereocenters. The molecule has 8 aromatic rings. The summed E-state index contributed by atoms with van der Waals surface area (Å²) in [5.41, 5.74) is 13.5. The van der Waals surface area contributed by atoms with Crippen LogP contribution < -0.4 is 10.4 Å². The van der Waals surface area contributed by atoms with Crippen molar-refractivity contribution in [2.45, 2.75) is 32.1 Å². The molecule has 10 rings (SSSR count).